The van der Waals surface area contributed by atoms with E-state index < -0.39 is 10.0 Å². The third-order valence-corrected chi connectivity index (χ3v) is 6.71. The third-order valence-electron chi connectivity index (χ3n) is 4.67. The normalized spacial score (nSPS) is 11.5. The van der Waals surface area contributed by atoms with E-state index in [4.69, 9.17) is 16.9 Å². The molecule has 0 fully saturated rings. The van der Waals surface area contributed by atoms with Crippen molar-refractivity contribution in [2.24, 2.45) is 7.05 Å². The van der Waals surface area contributed by atoms with Crippen molar-refractivity contribution >= 4 is 38.3 Å². The quantitative estimate of drug-likeness (QED) is 0.511. The maximum absolute atomic E-state index is 13.0. The van der Waals surface area contributed by atoms with E-state index >= 15 is 0 Å². The van der Waals surface area contributed by atoms with Crippen LogP contribution >= 0.6 is 11.6 Å². The van der Waals surface area contributed by atoms with Crippen LogP contribution in [0, 0.1) is 18.3 Å². The number of fused-ring (bicyclic) bond motifs is 1. The molecule has 0 radical (unpaired) electrons. The van der Waals surface area contributed by atoms with Crippen molar-refractivity contribution in [3.05, 3.63) is 70.5 Å². The van der Waals surface area contributed by atoms with Crippen molar-refractivity contribution in [2.75, 3.05) is 4.72 Å². The Kier molecular flexibility index (Phi) is 4.97. The number of para-hydroxylation sites is 1. The average molecular weight is 441 g/mol. The second kappa shape index (κ2) is 7.48. The Morgan fingerprint density at radius 1 is 1.13 bits per heavy atom. The van der Waals surface area contributed by atoms with Gasteiger partial charge in [0.1, 0.15) is 10.0 Å². The lowest BCUT2D eigenvalue weighted by molar-refractivity contribution is 0.600. The van der Waals surface area contributed by atoms with Crippen LogP contribution in [0.3, 0.4) is 0 Å². The van der Waals surface area contributed by atoms with Crippen LogP contribution in [0.15, 0.2) is 53.4 Å². The molecule has 0 atom stereocenters. The topological polar surface area (TPSA) is 106 Å². The molecule has 152 valence electrons. The number of nitrogens with one attached hydrogen (secondary N) is 1. The number of hydrogen-bond donors (Lipinski definition) is 1. The predicted molar refractivity (Wildman–Crippen MR) is 114 cm³/mol. The maximum Gasteiger partial charge on any atom is 0.268 e. The van der Waals surface area contributed by atoms with Crippen molar-refractivity contribution in [2.45, 2.75) is 18.4 Å². The van der Waals surface area contributed by atoms with Gasteiger partial charge in [0.2, 0.25) is 0 Å². The number of anilines is 1. The highest BCUT2D eigenvalue weighted by atomic mass is 35.5. The summed E-state index contributed by atoms with van der Waals surface area (Å²) in [4.78, 5) is -0.0719. The highest BCUT2D eigenvalue weighted by molar-refractivity contribution is 7.92. The van der Waals surface area contributed by atoms with Crippen molar-refractivity contribution in [1.82, 2.24) is 19.6 Å². The van der Waals surface area contributed by atoms with Gasteiger partial charge in [-0.3, -0.25) is 14.1 Å². The van der Waals surface area contributed by atoms with Crippen LogP contribution in [-0.2, 0) is 23.6 Å². The molecule has 0 aliphatic rings. The van der Waals surface area contributed by atoms with Crippen molar-refractivity contribution in [3.63, 3.8) is 0 Å². The van der Waals surface area contributed by atoms with Crippen LogP contribution in [0.2, 0.25) is 5.15 Å². The summed E-state index contributed by atoms with van der Waals surface area (Å²) in [5.74, 6) is 0.207. The van der Waals surface area contributed by atoms with E-state index in [9.17, 15) is 8.42 Å². The molecule has 0 unspecified atom stereocenters. The van der Waals surface area contributed by atoms with E-state index in [2.05, 4.69) is 21.0 Å². The zero-order chi connectivity index (χ0) is 21.5. The van der Waals surface area contributed by atoms with Gasteiger partial charge >= 0.3 is 0 Å². The molecular formula is C20H17ClN6O2S. The Morgan fingerprint density at radius 2 is 1.83 bits per heavy atom. The van der Waals surface area contributed by atoms with Gasteiger partial charge in [-0.15, -0.1) is 0 Å². The molecule has 4 aromatic rings. The van der Waals surface area contributed by atoms with Gasteiger partial charge < -0.3 is 0 Å². The molecule has 0 aliphatic heterocycles. The summed E-state index contributed by atoms with van der Waals surface area (Å²) in [7, 11) is -2.41. The van der Waals surface area contributed by atoms with Gasteiger partial charge in [-0.05, 0) is 36.8 Å². The summed E-state index contributed by atoms with van der Waals surface area (Å²) in [5.41, 5.74) is 2.58. The SMILES string of the molecule is Cc1nn(C)c(Cl)c1S(=O)(=O)Nc1nn(Cc2ccc(C#N)cc2)c2ccccc12. The van der Waals surface area contributed by atoms with Crippen LogP contribution < -0.4 is 4.72 Å². The maximum atomic E-state index is 13.0. The van der Waals surface area contributed by atoms with Crippen molar-refractivity contribution in [1.29, 1.82) is 5.26 Å². The lowest BCUT2D eigenvalue weighted by Crippen LogP contribution is -2.15. The van der Waals surface area contributed by atoms with E-state index in [1.807, 2.05) is 30.3 Å². The summed E-state index contributed by atoms with van der Waals surface area (Å²) >= 11 is 6.15. The molecule has 1 N–H and O–H groups in total. The van der Waals surface area contributed by atoms with Gasteiger partial charge in [0.25, 0.3) is 10.0 Å². The van der Waals surface area contributed by atoms with Gasteiger partial charge in [0, 0.05) is 12.4 Å². The Balaban J connectivity index is 1.74. The van der Waals surface area contributed by atoms with Crippen LogP contribution in [0.1, 0.15) is 16.8 Å². The molecule has 0 saturated carbocycles. The van der Waals surface area contributed by atoms with E-state index in [0.29, 0.717) is 23.2 Å². The Labute approximate surface area is 178 Å². The number of benzene rings is 2. The molecule has 8 nitrogen and oxygen atoms in total. The fraction of sp³-hybridized carbons (Fsp3) is 0.150. The van der Waals surface area contributed by atoms with Crippen LogP contribution in [-0.4, -0.2) is 28.0 Å². The van der Waals surface area contributed by atoms with Crippen LogP contribution in [0.4, 0.5) is 5.82 Å². The zero-order valence-corrected chi connectivity index (χ0v) is 17.7. The standard InChI is InChI=1S/C20H17ClN6O2S/c1-13-18(19(21)26(2)23-13)30(28,29)25-20-16-5-3-4-6-17(16)27(24-20)12-15-9-7-14(11-22)8-10-15/h3-10H,12H2,1-2H3,(H,24,25). The van der Waals surface area contributed by atoms with E-state index in [0.717, 1.165) is 11.1 Å². The number of sulfonamides is 1. The third kappa shape index (κ3) is 3.51. The molecule has 0 spiro atoms. The minimum Gasteiger partial charge on any atom is -0.261 e. The number of nitriles is 1. The summed E-state index contributed by atoms with van der Waals surface area (Å²) in [6.07, 6.45) is 0. The zero-order valence-electron chi connectivity index (χ0n) is 16.2. The van der Waals surface area contributed by atoms with Crippen molar-refractivity contribution in [3.8, 4) is 6.07 Å². The lowest BCUT2D eigenvalue weighted by Gasteiger charge is -2.06. The average Bonchev–Trinajstić information content (AvgIpc) is 3.18. The molecule has 0 amide bonds. The largest absolute Gasteiger partial charge is 0.268 e. The molecule has 10 heteroatoms. The summed E-state index contributed by atoms with van der Waals surface area (Å²) in [6, 6.07) is 16.6. The summed E-state index contributed by atoms with van der Waals surface area (Å²) in [6.45, 7) is 2.00. The van der Waals surface area contributed by atoms with E-state index in [1.165, 1.54) is 4.68 Å². The fourth-order valence-electron chi connectivity index (χ4n) is 3.28. The van der Waals surface area contributed by atoms with Gasteiger partial charge in [0.05, 0.1) is 29.4 Å². The van der Waals surface area contributed by atoms with Gasteiger partial charge in [-0.2, -0.15) is 15.5 Å². The second-order valence-corrected chi connectivity index (χ2v) is 8.74. The van der Waals surface area contributed by atoms with Gasteiger partial charge in [-0.1, -0.05) is 35.9 Å². The van der Waals surface area contributed by atoms with E-state index in [1.54, 1.807) is 36.9 Å². The van der Waals surface area contributed by atoms with E-state index in [-0.39, 0.29) is 15.9 Å². The molecule has 4 rings (SSSR count). The number of halogens is 1. The highest BCUT2D eigenvalue weighted by Crippen LogP contribution is 2.29. The Bertz CT molecular complexity index is 1400. The number of nitrogens with zero attached hydrogens (tertiary/aromatic N) is 5. The number of hydrogen-bond acceptors (Lipinski definition) is 5. The first kappa shape index (κ1) is 19.9. The smallest absolute Gasteiger partial charge is 0.261 e. The number of rotatable bonds is 5. The minimum absolute atomic E-state index is 0.0290. The molecule has 2 aromatic heterocycles. The first-order valence-electron chi connectivity index (χ1n) is 8.96. The molecule has 30 heavy (non-hydrogen) atoms. The first-order chi connectivity index (χ1) is 14.3. The van der Waals surface area contributed by atoms with Crippen LogP contribution in [0.25, 0.3) is 10.9 Å². The highest BCUT2D eigenvalue weighted by Gasteiger charge is 2.27. The van der Waals surface area contributed by atoms with Crippen molar-refractivity contribution < 1.29 is 8.42 Å². The molecule has 0 bridgehead atoms. The number of aromatic nitrogens is 4. The second-order valence-electron chi connectivity index (χ2n) is 6.77. The Morgan fingerprint density at radius 3 is 2.47 bits per heavy atom. The Hall–Kier alpha value is -3.35. The predicted octanol–water partition coefficient (Wildman–Crippen LogP) is 3.45. The van der Waals surface area contributed by atoms with Gasteiger partial charge in [0.15, 0.2) is 5.82 Å². The molecule has 2 aromatic carbocycles. The minimum atomic E-state index is -3.99. The monoisotopic (exact) mass is 440 g/mol. The molecular weight excluding hydrogens is 424 g/mol. The summed E-state index contributed by atoms with van der Waals surface area (Å²) in [5, 5.41) is 18.2. The number of aryl methyl sites for hydroxylation is 2. The summed E-state index contributed by atoms with van der Waals surface area (Å²) < 4.78 is 31.6. The lowest BCUT2D eigenvalue weighted by atomic mass is 10.1. The fourth-order valence-corrected chi connectivity index (χ4v) is 5.05. The molecule has 0 aliphatic carbocycles. The molecule has 0 saturated heterocycles. The van der Waals surface area contributed by atoms with Crippen LogP contribution in [0.5, 0.6) is 0 Å². The van der Waals surface area contributed by atoms with Gasteiger partial charge in [-0.25, -0.2) is 8.42 Å². The first-order valence-corrected chi connectivity index (χ1v) is 10.8. The molecule has 2 heterocycles.